The molecule has 9 rings (SSSR count). The number of anilines is 1. The van der Waals surface area contributed by atoms with Crippen molar-refractivity contribution >= 4 is 81.6 Å². The highest BCUT2D eigenvalue weighted by Gasteiger charge is 2.35. The monoisotopic (exact) mass is 939 g/mol. The van der Waals surface area contributed by atoms with Crippen LogP contribution in [0.2, 0.25) is 0 Å². The van der Waals surface area contributed by atoms with Crippen LogP contribution in [0, 0.1) is 0 Å². The summed E-state index contributed by atoms with van der Waals surface area (Å²) in [7, 11) is -7.40. The van der Waals surface area contributed by atoms with Crippen LogP contribution < -0.4 is 24.9 Å². The van der Waals surface area contributed by atoms with Gasteiger partial charge in [0.25, 0.3) is 21.9 Å². The number of carbonyl (C=O) groups excluding carboxylic acids is 2. The normalized spacial score (nSPS) is 13.5. The average Bonchev–Trinajstić information content (AvgIpc) is 3.95. The fourth-order valence-corrected chi connectivity index (χ4v) is 11.4. The van der Waals surface area contributed by atoms with Crippen LogP contribution in [0.15, 0.2) is 130 Å². The van der Waals surface area contributed by atoms with E-state index in [1.54, 1.807) is 0 Å². The number of carbonyl (C=O) groups is 2. The van der Waals surface area contributed by atoms with Gasteiger partial charge in [0.15, 0.2) is 0 Å². The minimum absolute atomic E-state index is 0.0325. The van der Waals surface area contributed by atoms with Crippen molar-refractivity contribution < 1.29 is 35.4 Å². The number of amides is 2. The molecule has 2 amide bonds. The van der Waals surface area contributed by atoms with Crippen molar-refractivity contribution in [2.45, 2.75) is 50.5 Å². The molecular weight excluding hydrogens is 889 g/mol. The van der Waals surface area contributed by atoms with Crippen LogP contribution in [0.3, 0.4) is 0 Å². The number of para-hydroxylation sites is 2. The molecule has 4 heterocycles. The van der Waals surface area contributed by atoms with E-state index in [0.717, 1.165) is 65.1 Å². The SMILES string of the molecule is CCN(CC)c1ccc2c(-c3ccc(S(=O)(=O)NCCCn4cc(C5=C(c6cn(C)c7ccccc67)C(=O)NC5=O)c5ccccc54)cc3S(=O)(=O)O)c3ccc(=[N+](CC)CC)cc-3oc2c1. The zero-order valence-corrected chi connectivity index (χ0v) is 39.5. The highest BCUT2D eigenvalue weighted by atomic mass is 32.2. The Labute approximate surface area is 388 Å². The summed E-state index contributed by atoms with van der Waals surface area (Å²) in [6.07, 6.45) is 3.97. The van der Waals surface area contributed by atoms with Crippen molar-refractivity contribution in [3.8, 4) is 22.5 Å². The predicted octanol–water partition coefficient (Wildman–Crippen LogP) is 7.49. The first-order chi connectivity index (χ1) is 32.2. The summed E-state index contributed by atoms with van der Waals surface area (Å²) in [4.78, 5) is 28.2. The lowest BCUT2D eigenvalue weighted by atomic mass is 9.93. The molecule has 4 aromatic carbocycles. The molecular formula is C51H51N6O8S2+. The molecule has 0 spiro atoms. The third-order valence-electron chi connectivity index (χ3n) is 12.8. The standard InChI is InChI=1S/C51H50N6O8S2/c1-6-55(7-2)32-19-22-37-44(27-32)65-45-28-33(56(8-3)9-4)20-23-38(45)47(37)39-24-21-34(29-46(39)67(62,63)64)66(60,61)52-25-14-26-57-31-41(36-16-11-13-18-43(36)57)49-48(50(58)53-51(49)59)40-30-54(5)42-17-12-10-15-35(40)42/h10-13,15-24,27-31,52H,6-9,14,25-26H2,1-5H3,(H-,53,58,59,62,63,64)/p+1. The molecule has 16 heteroatoms. The maximum absolute atomic E-state index is 13.9. The summed E-state index contributed by atoms with van der Waals surface area (Å²) in [6, 6.07) is 30.3. The molecule has 2 aromatic heterocycles. The Morgan fingerprint density at radius 2 is 1.36 bits per heavy atom. The number of nitrogens with zero attached hydrogens (tertiary/aromatic N) is 4. The predicted molar refractivity (Wildman–Crippen MR) is 263 cm³/mol. The molecule has 3 aliphatic rings. The quantitative estimate of drug-likeness (QED) is 0.0309. The van der Waals surface area contributed by atoms with E-state index in [1.807, 2.05) is 114 Å². The van der Waals surface area contributed by atoms with Gasteiger partial charge in [-0.2, -0.15) is 8.42 Å². The summed E-state index contributed by atoms with van der Waals surface area (Å²) in [6.45, 7) is 11.5. The molecule has 14 nitrogen and oxygen atoms in total. The summed E-state index contributed by atoms with van der Waals surface area (Å²) >= 11 is 0. The molecule has 6 aromatic rings. The maximum atomic E-state index is 13.9. The number of nitrogens with one attached hydrogen (secondary N) is 2. The van der Waals surface area contributed by atoms with E-state index in [-0.39, 0.29) is 28.1 Å². The Balaban J connectivity index is 1.04. The molecule has 2 aliphatic heterocycles. The van der Waals surface area contributed by atoms with Gasteiger partial charge in [0.05, 0.1) is 22.1 Å². The minimum atomic E-state index is -4.98. The molecule has 0 saturated carbocycles. The zero-order chi connectivity index (χ0) is 47.4. The number of rotatable bonds is 15. The van der Waals surface area contributed by atoms with Gasteiger partial charge in [-0.3, -0.25) is 19.5 Å². The number of benzene rings is 5. The van der Waals surface area contributed by atoms with E-state index in [9.17, 15) is 31.0 Å². The Morgan fingerprint density at radius 1 is 0.716 bits per heavy atom. The molecule has 0 radical (unpaired) electrons. The second-order valence-corrected chi connectivity index (χ2v) is 19.7. The number of hydrogen-bond acceptors (Lipinski definition) is 8. The summed E-state index contributed by atoms with van der Waals surface area (Å²) in [5.74, 6) is -0.494. The number of hydrogen-bond donors (Lipinski definition) is 3. The molecule has 67 heavy (non-hydrogen) atoms. The Bertz CT molecular complexity index is 3610. The average molecular weight is 940 g/mol. The van der Waals surface area contributed by atoms with Gasteiger partial charge in [-0.15, -0.1) is 0 Å². The van der Waals surface area contributed by atoms with Gasteiger partial charge in [0.2, 0.25) is 15.4 Å². The maximum Gasteiger partial charge on any atom is 0.295 e. The first-order valence-electron chi connectivity index (χ1n) is 22.3. The van der Waals surface area contributed by atoms with Crippen LogP contribution >= 0.6 is 0 Å². The van der Waals surface area contributed by atoms with Gasteiger partial charge >= 0.3 is 0 Å². The topological polar surface area (TPSA) is 176 Å². The molecule has 0 atom stereocenters. The van der Waals surface area contributed by atoms with E-state index in [1.165, 1.54) is 12.1 Å². The van der Waals surface area contributed by atoms with E-state index >= 15 is 0 Å². The van der Waals surface area contributed by atoms with Crippen LogP contribution in [0.1, 0.15) is 45.2 Å². The minimum Gasteiger partial charge on any atom is -0.456 e. The molecule has 0 bridgehead atoms. The van der Waals surface area contributed by atoms with Gasteiger partial charge in [-0.1, -0.05) is 42.5 Å². The third-order valence-corrected chi connectivity index (χ3v) is 15.1. The van der Waals surface area contributed by atoms with Crippen LogP contribution in [0.4, 0.5) is 5.69 Å². The van der Waals surface area contributed by atoms with Crippen molar-refractivity contribution in [1.29, 1.82) is 0 Å². The fraction of sp³-hybridized carbons (Fsp3) is 0.235. The molecule has 0 saturated heterocycles. The van der Waals surface area contributed by atoms with E-state index < -0.39 is 36.9 Å². The highest BCUT2D eigenvalue weighted by molar-refractivity contribution is 7.89. The second kappa shape index (κ2) is 17.8. The van der Waals surface area contributed by atoms with Crippen LogP contribution in [0.5, 0.6) is 0 Å². The van der Waals surface area contributed by atoms with Crippen molar-refractivity contribution in [3.05, 3.63) is 132 Å². The summed E-state index contributed by atoms with van der Waals surface area (Å²) in [5.41, 5.74) is 6.03. The van der Waals surface area contributed by atoms with Gasteiger partial charge in [-0.05, 0) is 76.6 Å². The van der Waals surface area contributed by atoms with E-state index in [2.05, 4.69) is 47.2 Å². The number of aromatic nitrogens is 2. The molecule has 344 valence electrons. The molecule has 0 fully saturated rings. The molecule has 1 aliphatic carbocycles. The first-order valence-corrected chi connectivity index (χ1v) is 25.3. The van der Waals surface area contributed by atoms with Crippen molar-refractivity contribution in [1.82, 2.24) is 23.7 Å². The van der Waals surface area contributed by atoms with Crippen LogP contribution in [0.25, 0.3) is 66.4 Å². The summed E-state index contributed by atoms with van der Waals surface area (Å²) < 4.78 is 80.4. The van der Waals surface area contributed by atoms with Gasteiger partial charge in [0.1, 0.15) is 29.3 Å². The number of fused-ring (bicyclic) bond motifs is 4. The lowest BCUT2D eigenvalue weighted by Gasteiger charge is -2.22. The number of imide groups is 1. The Hall–Kier alpha value is -6.85. The largest absolute Gasteiger partial charge is 0.456 e. The van der Waals surface area contributed by atoms with E-state index in [0.29, 0.717) is 51.9 Å². The fourth-order valence-electron chi connectivity index (χ4n) is 9.50. The van der Waals surface area contributed by atoms with Crippen molar-refractivity contribution in [2.75, 3.05) is 37.6 Å². The lowest BCUT2D eigenvalue weighted by molar-refractivity contribution is -0.122. The lowest BCUT2D eigenvalue weighted by Crippen LogP contribution is -2.29. The van der Waals surface area contributed by atoms with E-state index in [4.69, 9.17) is 4.42 Å². The molecule has 3 N–H and O–H groups in total. The Morgan fingerprint density at radius 3 is 2.03 bits per heavy atom. The number of aryl methyl sites for hydroxylation is 2. The van der Waals surface area contributed by atoms with Crippen molar-refractivity contribution in [3.63, 3.8) is 0 Å². The summed E-state index contributed by atoms with van der Waals surface area (Å²) in [5, 5.41) is 5.59. The second-order valence-electron chi connectivity index (χ2n) is 16.5. The van der Waals surface area contributed by atoms with Crippen LogP contribution in [-0.2, 0) is 43.3 Å². The van der Waals surface area contributed by atoms with Gasteiger partial charge in [-0.25, -0.2) is 17.7 Å². The number of sulfonamides is 1. The Kier molecular flexibility index (Phi) is 12.0. The first kappa shape index (κ1) is 45.3. The molecule has 0 unspecified atom stereocenters. The van der Waals surface area contributed by atoms with Crippen LogP contribution in [-0.4, -0.2) is 75.1 Å². The van der Waals surface area contributed by atoms with Gasteiger partial charge in [0, 0.05) is 118 Å². The smallest absolute Gasteiger partial charge is 0.295 e. The highest BCUT2D eigenvalue weighted by Crippen LogP contribution is 2.44. The zero-order valence-electron chi connectivity index (χ0n) is 37.8. The van der Waals surface area contributed by atoms with Gasteiger partial charge < -0.3 is 18.5 Å². The third kappa shape index (κ3) is 8.13. The van der Waals surface area contributed by atoms with Crippen molar-refractivity contribution in [2.24, 2.45) is 7.05 Å².